The second-order valence-electron chi connectivity index (χ2n) is 3.71. The molecule has 0 radical (unpaired) electrons. The fraction of sp³-hybridized carbons (Fsp3) is 1.00. The lowest BCUT2D eigenvalue weighted by molar-refractivity contribution is -0.153. The first kappa shape index (κ1) is 12.3. The maximum atomic E-state index is 12.2. The van der Waals surface area contributed by atoms with E-state index in [1.165, 1.54) is 0 Å². The van der Waals surface area contributed by atoms with Crippen LogP contribution in [-0.2, 0) is 0 Å². The van der Waals surface area contributed by atoms with Gasteiger partial charge in [0.05, 0.1) is 6.54 Å². The average Bonchev–Trinajstić information content (AvgIpc) is 2.06. The topological polar surface area (TPSA) is 3.24 Å². The van der Waals surface area contributed by atoms with Crippen LogP contribution in [0.25, 0.3) is 0 Å². The van der Waals surface area contributed by atoms with E-state index < -0.39 is 12.7 Å². The van der Waals surface area contributed by atoms with E-state index in [1.807, 2.05) is 0 Å². The number of alkyl halides is 4. The molecule has 0 aromatic rings. The Kier molecular flexibility index (Phi) is 4.70. The van der Waals surface area contributed by atoms with Crippen molar-refractivity contribution in [2.24, 2.45) is 0 Å². The van der Waals surface area contributed by atoms with E-state index >= 15 is 0 Å². The SMILES string of the molecule is FC(F)(F)CN1CCCCC1CCBr. The van der Waals surface area contributed by atoms with Gasteiger partial charge in [0.1, 0.15) is 0 Å². The van der Waals surface area contributed by atoms with Crippen LogP contribution in [0.4, 0.5) is 13.2 Å². The summed E-state index contributed by atoms with van der Waals surface area (Å²) in [4.78, 5) is 1.57. The first-order valence-electron chi connectivity index (χ1n) is 4.89. The molecule has 0 saturated carbocycles. The lowest BCUT2D eigenvalue weighted by Gasteiger charge is -2.35. The lowest BCUT2D eigenvalue weighted by Crippen LogP contribution is -2.44. The van der Waals surface area contributed by atoms with Crippen molar-refractivity contribution in [1.82, 2.24) is 4.90 Å². The van der Waals surface area contributed by atoms with E-state index in [2.05, 4.69) is 15.9 Å². The van der Waals surface area contributed by atoms with E-state index in [0.29, 0.717) is 6.54 Å². The molecule has 0 aliphatic carbocycles. The highest BCUT2D eigenvalue weighted by molar-refractivity contribution is 9.09. The molecule has 14 heavy (non-hydrogen) atoms. The summed E-state index contributed by atoms with van der Waals surface area (Å²) >= 11 is 3.28. The molecule has 0 aromatic carbocycles. The molecule has 1 fully saturated rings. The average molecular weight is 274 g/mol. The van der Waals surface area contributed by atoms with Crippen LogP contribution in [0.15, 0.2) is 0 Å². The Labute approximate surface area is 90.8 Å². The van der Waals surface area contributed by atoms with Gasteiger partial charge in [-0.3, -0.25) is 4.90 Å². The number of halogens is 4. The van der Waals surface area contributed by atoms with Gasteiger partial charge in [0.2, 0.25) is 0 Å². The highest BCUT2D eigenvalue weighted by Crippen LogP contribution is 2.25. The molecule has 0 amide bonds. The minimum absolute atomic E-state index is 0.116. The second-order valence-corrected chi connectivity index (χ2v) is 4.51. The van der Waals surface area contributed by atoms with E-state index in [-0.39, 0.29) is 6.04 Å². The third-order valence-electron chi connectivity index (χ3n) is 2.57. The molecule has 1 nitrogen and oxygen atoms in total. The van der Waals surface area contributed by atoms with Crippen molar-refractivity contribution in [1.29, 1.82) is 0 Å². The number of hydrogen-bond donors (Lipinski definition) is 0. The van der Waals surface area contributed by atoms with Gasteiger partial charge in [0, 0.05) is 11.4 Å². The number of piperidine rings is 1. The third-order valence-corrected chi connectivity index (χ3v) is 3.03. The molecule has 1 aliphatic heterocycles. The number of likely N-dealkylation sites (tertiary alicyclic amines) is 1. The van der Waals surface area contributed by atoms with Gasteiger partial charge in [-0.1, -0.05) is 22.4 Å². The smallest absolute Gasteiger partial charge is 0.292 e. The van der Waals surface area contributed by atoms with Crippen LogP contribution >= 0.6 is 15.9 Å². The summed E-state index contributed by atoms with van der Waals surface area (Å²) in [5, 5.41) is 0.784. The van der Waals surface area contributed by atoms with Crippen LogP contribution in [0.3, 0.4) is 0 Å². The standard InChI is InChI=1S/C9H15BrF3N/c10-5-4-8-3-1-2-6-14(8)7-9(11,12)13/h8H,1-7H2. The number of nitrogens with zero attached hydrogens (tertiary/aromatic N) is 1. The van der Waals surface area contributed by atoms with Gasteiger partial charge in [0.15, 0.2) is 0 Å². The Morgan fingerprint density at radius 3 is 2.57 bits per heavy atom. The Morgan fingerprint density at radius 1 is 1.29 bits per heavy atom. The predicted molar refractivity (Wildman–Crippen MR) is 53.7 cm³/mol. The maximum Gasteiger partial charge on any atom is 0.401 e. The molecule has 5 heteroatoms. The minimum Gasteiger partial charge on any atom is -0.292 e. The zero-order valence-corrected chi connectivity index (χ0v) is 9.57. The van der Waals surface area contributed by atoms with Crippen molar-refractivity contribution >= 4 is 15.9 Å². The number of hydrogen-bond acceptors (Lipinski definition) is 1. The van der Waals surface area contributed by atoms with Crippen LogP contribution in [0.5, 0.6) is 0 Å². The Balaban J connectivity index is 2.45. The summed E-state index contributed by atoms with van der Waals surface area (Å²) in [7, 11) is 0. The van der Waals surface area contributed by atoms with Gasteiger partial charge >= 0.3 is 6.18 Å². The quantitative estimate of drug-likeness (QED) is 0.714. The molecule has 1 heterocycles. The zero-order chi connectivity index (χ0) is 10.6. The molecule has 0 bridgehead atoms. The van der Waals surface area contributed by atoms with Crippen molar-refractivity contribution in [3.05, 3.63) is 0 Å². The lowest BCUT2D eigenvalue weighted by atomic mass is 10.0. The van der Waals surface area contributed by atoms with E-state index in [4.69, 9.17) is 0 Å². The molecular formula is C9H15BrF3N. The third kappa shape index (κ3) is 4.17. The highest BCUT2D eigenvalue weighted by Gasteiger charge is 2.34. The van der Waals surface area contributed by atoms with E-state index in [0.717, 1.165) is 31.0 Å². The summed E-state index contributed by atoms with van der Waals surface area (Å²) in [6.45, 7) is -0.151. The molecule has 1 aliphatic rings. The van der Waals surface area contributed by atoms with Gasteiger partial charge in [-0.25, -0.2) is 0 Å². The van der Waals surface area contributed by atoms with Crippen LogP contribution < -0.4 is 0 Å². The van der Waals surface area contributed by atoms with Gasteiger partial charge in [0.25, 0.3) is 0 Å². The first-order chi connectivity index (χ1) is 6.53. The Morgan fingerprint density at radius 2 is 2.00 bits per heavy atom. The van der Waals surface area contributed by atoms with Crippen LogP contribution in [0, 0.1) is 0 Å². The summed E-state index contributed by atoms with van der Waals surface area (Å²) in [6, 6.07) is 0.116. The molecule has 84 valence electrons. The van der Waals surface area contributed by atoms with E-state index in [1.54, 1.807) is 4.90 Å². The first-order valence-corrected chi connectivity index (χ1v) is 6.02. The van der Waals surface area contributed by atoms with Gasteiger partial charge < -0.3 is 0 Å². The largest absolute Gasteiger partial charge is 0.401 e. The molecular weight excluding hydrogens is 259 g/mol. The molecule has 0 aromatic heterocycles. The van der Waals surface area contributed by atoms with Gasteiger partial charge in [-0.2, -0.15) is 13.2 Å². The van der Waals surface area contributed by atoms with Crippen molar-refractivity contribution in [2.75, 3.05) is 18.4 Å². The zero-order valence-electron chi connectivity index (χ0n) is 7.99. The summed E-state index contributed by atoms with van der Waals surface area (Å²) < 4.78 is 36.6. The number of rotatable bonds is 3. The summed E-state index contributed by atoms with van der Waals surface area (Å²) in [5.41, 5.74) is 0. The molecule has 1 saturated heterocycles. The normalized spacial score (nSPS) is 25.3. The van der Waals surface area contributed by atoms with Crippen LogP contribution in [0.2, 0.25) is 0 Å². The fourth-order valence-corrected chi connectivity index (χ4v) is 2.48. The second kappa shape index (κ2) is 5.35. The minimum atomic E-state index is -4.05. The molecule has 0 N–H and O–H groups in total. The molecule has 0 spiro atoms. The van der Waals surface area contributed by atoms with Crippen molar-refractivity contribution < 1.29 is 13.2 Å². The Hall–Kier alpha value is 0.230. The highest BCUT2D eigenvalue weighted by atomic mass is 79.9. The molecule has 1 rings (SSSR count). The predicted octanol–water partition coefficient (Wildman–Crippen LogP) is 3.19. The summed E-state index contributed by atoms with van der Waals surface area (Å²) in [5.74, 6) is 0. The van der Waals surface area contributed by atoms with E-state index in [9.17, 15) is 13.2 Å². The molecule has 1 atom stereocenters. The maximum absolute atomic E-state index is 12.2. The van der Waals surface area contributed by atoms with Crippen molar-refractivity contribution in [2.45, 2.75) is 37.9 Å². The van der Waals surface area contributed by atoms with Crippen molar-refractivity contribution in [3.8, 4) is 0 Å². The van der Waals surface area contributed by atoms with Gasteiger partial charge in [-0.15, -0.1) is 0 Å². The summed E-state index contributed by atoms with van der Waals surface area (Å²) in [6.07, 6.45) is -0.374. The fourth-order valence-electron chi connectivity index (χ4n) is 1.95. The van der Waals surface area contributed by atoms with Gasteiger partial charge in [-0.05, 0) is 25.8 Å². The van der Waals surface area contributed by atoms with Crippen LogP contribution in [-0.4, -0.2) is 35.5 Å². The Bertz CT molecular complexity index is 170. The van der Waals surface area contributed by atoms with Crippen molar-refractivity contribution in [3.63, 3.8) is 0 Å². The monoisotopic (exact) mass is 273 g/mol. The molecule has 1 unspecified atom stereocenters. The van der Waals surface area contributed by atoms with Crippen LogP contribution in [0.1, 0.15) is 25.7 Å².